The predicted molar refractivity (Wildman–Crippen MR) is 65.0 cm³/mol. The Morgan fingerprint density at radius 1 is 1.05 bits per heavy atom. The minimum absolute atomic E-state index is 0.508. The number of rotatable bonds is 7. The highest BCUT2D eigenvalue weighted by atomic mass is 16.6. The highest BCUT2D eigenvalue weighted by molar-refractivity contribution is 5.65. The van der Waals surface area contributed by atoms with Crippen molar-refractivity contribution in [2.45, 2.75) is 6.10 Å². The maximum atomic E-state index is 10.9. The zero-order chi connectivity index (χ0) is 16.2. The Morgan fingerprint density at radius 2 is 1.52 bits per heavy atom. The molecular formula is C9H9N3O9. The van der Waals surface area contributed by atoms with E-state index in [-0.39, 0.29) is 0 Å². The number of hydrogen-bond acceptors (Lipinski definition) is 9. The zero-order valence-corrected chi connectivity index (χ0v) is 10.2. The zero-order valence-electron chi connectivity index (χ0n) is 10.2. The van der Waals surface area contributed by atoms with E-state index in [2.05, 4.69) is 0 Å². The van der Waals surface area contributed by atoms with Gasteiger partial charge in [0.2, 0.25) is 0 Å². The summed E-state index contributed by atoms with van der Waals surface area (Å²) in [7, 11) is 0. The summed E-state index contributed by atoms with van der Waals surface area (Å²) < 4.78 is 4.76. The summed E-state index contributed by atoms with van der Waals surface area (Å²) in [5.74, 6) is -0.830. The molecule has 1 rings (SSSR count). The monoisotopic (exact) mass is 303 g/mol. The van der Waals surface area contributed by atoms with E-state index in [1.807, 2.05) is 0 Å². The van der Waals surface area contributed by atoms with Gasteiger partial charge >= 0.3 is 11.4 Å². The second kappa shape index (κ2) is 6.53. The lowest BCUT2D eigenvalue weighted by molar-refractivity contribution is -0.404. The number of aliphatic hydroxyl groups excluding tert-OH is 2. The van der Waals surface area contributed by atoms with Crippen molar-refractivity contribution < 1.29 is 29.7 Å². The summed E-state index contributed by atoms with van der Waals surface area (Å²) in [6, 6.07) is 1.02. The van der Waals surface area contributed by atoms with Crippen LogP contribution in [0, 0.1) is 30.3 Å². The average molecular weight is 303 g/mol. The lowest BCUT2D eigenvalue weighted by atomic mass is 10.2. The molecule has 0 aliphatic heterocycles. The van der Waals surface area contributed by atoms with Gasteiger partial charge in [0.05, 0.1) is 33.5 Å². The Balaban J connectivity index is 3.39. The van der Waals surface area contributed by atoms with Crippen LogP contribution in [0.15, 0.2) is 12.1 Å². The van der Waals surface area contributed by atoms with Gasteiger partial charge in [0.1, 0.15) is 12.7 Å². The van der Waals surface area contributed by atoms with Gasteiger partial charge in [-0.3, -0.25) is 30.3 Å². The number of hydrogen-bond donors (Lipinski definition) is 2. The molecule has 0 fully saturated rings. The summed E-state index contributed by atoms with van der Waals surface area (Å²) in [5.41, 5.74) is -2.81. The Labute approximate surface area is 115 Å². The van der Waals surface area contributed by atoms with E-state index in [9.17, 15) is 30.3 Å². The van der Waals surface area contributed by atoms with Crippen LogP contribution in [-0.4, -0.2) is 44.3 Å². The molecule has 0 spiro atoms. The number of non-ortho nitro benzene ring substituents is 1. The van der Waals surface area contributed by atoms with E-state index in [1.165, 1.54) is 0 Å². The van der Waals surface area contributed by atoms with Crippen LogP contribution in [0.5, 0.6) is 5.75 Å². The van der Waals surface area contributed by atoms with Crippen molar-refractivity contribution in [2.24, 2.45) is 0 Å². The molecule has 0 aromatic heterocycles. The van der Waals surface area contributed by atoms with Crippen molar-refractivity contribution in [3.63, 3.8) is 0 Å². The molecule has 114 valence electrons. The van der Waals surface area contributed by atoms with Gasteiger partial charge in [-0.15, -0.1) is 0 Å². The van der Waals surface area contributed by atoms with Gasteiger partial charge in [-0.05, 0) is 0 Å². The normalized spacial score (nSPS) is 11.7. The molecule has 0 aliphatic carbocycles. The van der Waals surface area contributed by atoms with Crippen LogP contribution < -0.4 is 4.74 Å². The molecule has 2 N–H and O–H groups in total. The molecule has 0 aliphatic rings. The highest BCUT2D eigenvalue weighted by Crippen LogP contribution is 2.40. The molecule has 0 saturated heterocycles. The first-order chi connectivity index (χ1) is 9.77. The summed E-state index contributed by atoms with van der Waals surface area (Å²) >= 11 is 0. The smallest absolute Gasteiger partial charge is 0.325 e. The minimum Gasteiger partial charge on any atom is -0.479 e. The van der Waals surface area contributed by atoms with Crippen LogP contribution in [0.2, 0.25) is 0 Å². The van der Waals surface area contributed by atoms with Crippen LogP contribution in [0.1, 0.15) is 0 Å². The fourth-order valence-corrected chi connectivity index (χ4v) is 1.34. The lowest BCUT2D eigenvalue weighted by Gasteiger charge is -2.10. The van der Waals surface area contributed by atoms with Crippen LogP contribution in [0.25, 0.3) is 0 Å². The minimum atomic E-state index is -1.42. The summed E-state index contributed by atoms with van der Waals surface area (Å²) in [6.45, 7) is -1.38. The maximum absolute atomic E-state index is 10.9. The number of nitro groups is 3. The molecule has 12 nitrogen and oxygen atoms in total. The molecule has 12 heteroatoms. The average Bonchev–Trinajstić information content (AvgIpc) is 2.43. The first kappa shape index (κ1) is 16.2. The fraction of sp³-hybridized carbons (Fsp3) is 0.333. The van der Waals surface area contributed by atoms with Crippen molar-refractivity contribution >= 4 is 17.1 Å². The third-order valence-corrected chi connectivity index (χ3v) is 2.27. The Hall–Kier alpha value is -2.86. The first-order valence-corrected chi connectivity index (χ1v) is 5.30. The van der Waals surface area contributed by atoms with Crippen molar-refractivity contribution in [2.75, 3.05) is 13.2 Å². The van der Waals surface area contributed by atoms with Gasteiger partial charge in [0.15, 0.2) is 0 Å². The van der Waals surface area contributed by atoms with Gasteiger partial charge in [-0.1, -0.05) is 0 Å². The van der Waals surface area contributed by atoms with E-state index in [0.29, 0.717) is 12.1 Å². The maximum Gasteiger partial charge on any atom is 0.325 e. The van der Waals surface area contributed by atoms with Gasteiger partial charge in [0, 0.05) is 0 Å². The van der Waals surface area contributed by atoms with E-state index in [4.69, 9.17) is 14.9 Å². The van der Waals surface area contributed by atoms with Crippen LogP contribution in [0.4, 0.5) is 17.1 Å². The summed E-state index contributed by atoms with van der Waals surface area (Å²) in [6.07, 6.45) is -1.42. The standard InChI is InChI=1S/C9H9N3O9/c13-3-6(14)4-21-9-7(11(17)18)1-5(10(15)16)2-8(9)12(19)20/h1-2,6,13-14H,3-4H2/t6-/m1/s1. The summed E-state index contributed by atoms with van der Waals surface area (Å²) in [4.78, 5) is 29.1. The van der Waals surface area contributed by atoms with Crippen molar-refractivity contribution in [3.05, 3.63) is 42.5 Å². The molecule has 0 bridgehead atoms. The number of benzene rings is 1. The fourth-order valence-electron chi connectivity index (χ4n) is 1.34. The second-order valence-corrected chi connectivity index (χ2v) is 3.73. The Morgan fingerprint density at radius 3 is 1.86 bits per heavy atom. The number of ether oxygens (including phenoxy) is 1. The van der Waals surface area contributed by atoms with Crippen molar-refractivity contribution in [1.29, 1.82) is 0 Å². The van der Waals surface area contributed by atoms with Crippen LogP contribution in [-0.2, 0) is 0 Å². The van der Waals surface area contributed by atoms with Gasteiger partial charge < -0.3 is 14.9 Å². The molecule has 21 heavy (non-hydrogen) atoms. The number of nitro benzene ring substituents is 3. The van der Waals surface area contributed by atoms with E-state index in [1.54, 1.807) is 0 Å². The Bertz CT molecular complexity index is 553. The molecular weight excluding hydrogens is 294 g/mol. The molecule has 1 aromatic rings. The van der Waals surface area contributed by atoms with E-state index >= 15 is 0 Å². The van der Waals surface area contributed by atoms with Gasteiger partial charge in [0.25, 0.3) is 11.4 Å². The van der Waals surface area contributed by atoms with Crippen LogP contribution in [0.3, 0.4) is 0 Å². The molecule has 1 aromatic carbocycles. The van der Waals surface area contributed by atoms with E-state index in [0.717, 1.165) is 0 Å². The highest BCUT2D eigenvalue weighted by Gasteiger charge is 2.32. The molecule has 1 atom stereocenters. The molecule has 0 amide bonds. The quantitative estimate of drug-likeness (QED) is 0.523. The molecule has 0 heterocycles. The molecule has 0 saturated carbocycles. The van der Waals surface area contributed by atoms with Gasteiger partial charge in [-0.2, -0.15) is 0 Å². The topological polar surface area (TPSA) is 179 Å². The van der Waals surface area contributed by atoms with Crippen molar-refractivity contribution in [3.8, 4) is 5.75 Å². The van der Waals surface area contributed by atoms with Crippen molar-refractivity contribution in [1.82, 2.24) is 0 Å². The Kier molecular flexibility index (Phi) is 5.04. The molecule has 0 radical (unpaired) electrons. The number of aliphatic hydroxyl groups is 2. The molecule has 0 unspecified atom stereocenters. The largest absolute Gasteiger partial charge is 0.479 e. The van der Waals surface area contributed by atoms with Crippen LogP contribution >= 0.6 is 0 Å². The summed E-state index contributed by atoms with van der Waals surface area (Å²) in [5, 5.41) is 50.0. The first-order valence-electron chi connectivity index (χ1n) is 5.30. The lowest BCUT2D eigenvalue weighted by Crippen LogP contribution is -2.22. The van der Waals surface area contributed by atoms with Gasteiger partial charge in [-0.25, -0.2) is 0 Å². The number of nitrogens with zero attached hydrogens (tertiary/aromatic N) is 3. The predicted octanol–water partition coefficient (Wildman–Crippen LogP) is 0.143. The third kappa shape index (κ3) is 3.80. The third-order valence-electron chi connectivity index (χ3n) is 2.27. The van der Waals surface area contributed by atoms with E-state index < -0.39 is 56.9 Å². The second-order valence-electron chi connectivity index (χ2n) is 3.73. The SMILES string of the molecule is O=[N+]([O-])c1cc([N+](=O)[O-])c(OC[C@H](O)CO)c([N+](=O)[O-])c1.